The Balaban J connectivity index is 1.88. The largest absolute Gasteiger partial charge is 0.0938 e. The SMILES string of the molecule is CCCC(C)CCCC[C@@H]1CCSS1. The summed E-state index contributed by atoms with van der Waals surface area (Å²) in [5.41, 5.74) is 0. The van der Waals surface area contributed by atoms with Crippen molar-refractivity contribution in [1.29, 1.82) is 0 Å². The quantitative estimate of drug-likeness (QED) is 0.440. The van der Waals surface area contributed by atoms with Crippen molar-refractivity contribution in [2.75, 3.05) is 5.75 Å². The van der Waals surface area contributed by atoms with E-state index < -0.39 is 0 Å². The number of hydrogen-bond donors (Lipinski definition) is 0. The van der Waals surface area contributed by atoms with Crippen molar-refractivity contribution in [2.24, 2.45) is 5.92 Å². The zero-order valence-electron chi connectivity index (χ0n) is 9.63. The summed E-state index contributed by atoms with van der Waals surface area (Å²) in [6.45, 7) is 4.70. The van der Waals surface area contributed by atoms with E-state index in [1.54, 1.807) is 0 Å². The minimum absolute atomic E-state index is 0.964. The van der Waals surface area contributed by atoms with E-state index in [0.717, 1.165) is 11.2 Å². The molecule has 1 heterocycles. The third kappa shape index (κ3) is 5.55. The van der Waals surface area contributed by atoms with Gasteiger partial charge in [-0.3, -0.25) is 0 Å². The van der Waals surface area contributed by atoms with E-state index >= 15 is 0 Å². The molecule has 1 aliphatic rings. The van der Waals surface area contributed by atoms with Crippen molar-refractivity contribution in [3.63, 3.8) is 0 Å². The van der Waals surface area contributed by atoms with Gasteiger partial charge in [-0.25, -0.2) is 0 Å². The predicted octanol–water partition coefficient (Wildman–Crippen LogP) is 5.14. The molecule has 0 amide bonds. The molecular formula is C12H24S2. The molecule has 14 heavy (non-hydrogen) atoms. The van der Waals surface area contributed by atoms with E-state index in [1.807, 2.05) is 0 Å². The van der Waals surface area contributed by atoms with Crippen LogP contribution < -0.4 is 0 Å². The van der Waals surface area contributed by atoms with Gasteiger partial charge >= 0.3 is 0 Å². The van der Waals surface area contributed by atoms with Crippen molar-refractivity contribution < 1.29 is 0 Å². The summed E-state index contributed by atoms with van der Waals surface area (Å²) < 4.78 is 0. The van der Waals surface area contributed by atoms with E-state index in [-0.39, 0.29) is 0 Å². The molecule has 1 unspecified atom stereocenters. The lowest BCUT2D eigenvalue weighted by Gasteiger charge is -2.10. The molecule has 0 aliphatic carbocycles. The molecule has 1 fully saturated rings. The molecule has 1 rings (SSSR count). The highest BCUT2D eigenvalue weighted by Gasteiger charge is 2.15. The van der Waals surface area contributed by atoms with Crippen molar-refractivity contribution in [3.8, 4) is 0 Å². The van der Waals surface area contributed by atoms with E-state index in [4.69, 9.17) is 0 Å². The maximum atomic E-state index is 2.41. The van der Waals surface area contributed by atoms with Crippen LogP contribution in [0.2, 0.25) is 0 Å². The van der Waals surface area contributed by atoms with E-state index in [1.165, 1.54) is 50.7 Å². The zero-order valence-corrected chi connectivity index (χ0v) is 11.3. The predicted molar refractivity (Wildman–Crippen MR) is 71.0 cm³/mol. The molecule has 0 saturated carbocycles. The normalized spacial score (nSPS) is 24.0. The van der Waals surface area contributed by atoms with Crippen LogP contribution >= 0.6 is 21.6 Å². The maximum Gasteiger partial charge on any atom is 0.0159 e. The zero-order chi connectivity index (χ0) is 10.2. The molecule has 84 valence electrons. The van der Waals surface area contributed by atoms with Crippen molar-refractivity contribution in [3.05, 3.63) is 0 Å². The summed E-state index contributed by atoms with van der Waals surface area (Å²) in [5, 5.41) is 0.987. The molecule has 0 spiro atoms. The van der Waals surface area contributed by atoms with E-state index in [2.05, 4.69) is 35.4 Å². The number of hydrogen-bond acceptors (Lipinski definition) is 2. The van der Waals surface area contributed by atoms with Gasteiger partial charge < -0.3 is 0 Å². The van der Waals surface area contributed by atoms with Gasteiger partial charge in [-0.1, -0.05) is 67.5 Å². The second-order valence-corrected chi connectivity index (χ2v) is 7.29. The van der Waals surface area contributed by atoms with Crippen LogP contribution in [0.3, 0.4) is 0 Å². The molecule has 0 nitrogen and oxygen atoms in total. The van der Waals surface area contributed by atoms with Crippen molar-refractivity contribution >= 4 is 21.6 Å². The lowest BCUT2D eigenvalue weighted by molar-refractivity contribution is 0.455. The highest BCUT2D eigenvalue weighted by atomic mass is 33.1. The van der Waals surface area contributed by atoms with Gasteiger partial charge in [-0.15, -0.1) is 0 Å². The fraction of sp³-hybridized carbons (Fsp3) is 1.00. The summed E-state index contributed by atoms with van der Waals surface area (Å²) >= 11 is 0. The van der Waals surface area contributed by atoms with Gasteiger partial charge in [0.15, 0.2) is 0 Å². The van der Waals surface area contributed by atoms with Crippen LogP contribution in [0.15, 0.2) is 0 Å². The molecule has 0 aromatic carbocycles. The third-order valence-corrected chi connectivity index (χ3v) is 5.99. The molecule has 0 aromatic heterocycles. The second kappa shape index (κ2) is 7.92. The second-order valence-electron chi connectivity index (χ2n) is 4.51. The van der Waals surface area contributed by atoms with Gasteiger partial charge in [0.2, 0.25) is 0 Å². The molecule has 2 heteroatoms. The first-order valence-corrected chi connectivity index (χ1v) is 8.49. The van der Waals surface area contributed by atoms with Crippen molar-refractivity contribution in [2.45, 2.75) is 64.0 Å². The Morgan fingerprint density at radius 2 is 2.14 bits per heavy atom. The molecule has 0 radical (unpaired) electrons. The Hall–Kier alpha value is 0.700. The van der Waals surface area contributed by atoms with E-state index in [0.29, 0.717) is 0 Å². The minimum atomic E-state index is 0.964. The van der Waals surface area contributed by atoms with Crippen LogP contribution in [0.1, 0.15) is 58.8 Å². The van der Waals surface area contributed by atoms with Gasteiger partial charge in [0.25, 0.3) is 0 Å². The Morgan fingerprint density at radius 3 is 2.79 bits per heavy atom. The topological polar surface area (TPSA) is 0 Å². The van der Waals surface area contributed by atoms with Crippen LogP contribution in [0.5, 0.6) is 0 Å². The fourth-order valence-electron chi connectivity index (χ4n) is 2.07. The lowest BCUT2D eigenvalue weighted by atomic mass is 9.98. The Morgan fingerprint density at radius 1 is 1.29 bits per heavy atom. The first-order valence-electron chi connectivity index (χ1n) is 6.11. The first-order chi connectivity index (χ1) is 6.83. The number of rotatable bonds is 7. The molecule has 0 N–H and O–H groups in total. The van der Waals surface area contributed by atoms with Crippen LogP contribution in [0.4, 0.5) is 0 Å². The molecule has 2 atom stereocenters. The highest BCUT2D eigenvalue weighted by molar-refractivity contribution is 8.77. The van der Waals surface area contributed by atoms with Crippen LogP contribution in [-0.4, -0.2) is 11.0 Å². The Bertz CT molecular complexity index is 130. The summed E-state index contributed by atoms with van der Waals surface area (Å²) in [7, 11) is 4.20. The van der Waals surface area contributed by atoms with Crippen LogP contribution in [-0.2, 0) is 0 Å². The monoisotopic (exact) mass is 232 g/mol. The van der Waals surface area contributed by atoms with Crippen LogP contribution in [0.25, 0.3) is 0 Å². The summed E-state index contributed by atoms with van der Waals surface area (Å²) in [6.07, 6.45) is 10.1. The smallest absolute Gasteiger partial charge is 0.0159 e. The summed E-state index contributed by atoms with van der Waals surface area (Å²) in [4.78, 5) is 0. The fourth-order valence-corrected chi connectivity index (χ4v) is 5.09. The molecule has 1 aliphatic heterocycles. The van der Waals surface area contributed by atoms with Gasteiger partial charge in [-0.2, -0.15) is 0 Å². The highest BCUT2D eigenvalue weighted by Crippen LogP contribution is 2.40. The lowest BCUT2D eigenvalue weighted by Crippen LogP contribution is -1.98. The molecule has 1 saturated heterocycles. The van der Waals surface area contributed by atoms with Crippen LogP contribution in [0, 0.1) is 5.92 Å². The van der Waals surface area contributed by atoms with Crippen molar-refractivity contribution in [1.82, 2.24) is 0 Å². The maximum absolute atomic E-state index is 2.41. The molecular weight excluding hydrogens is 208 g/mol. The minimum Gasteiger partial charge on any atom is -0.0938 e. The third-order valence-electron chi connectivity index (χ3n) is 2.98. The average Bonchev–Trinajstić information content (AvgIpc) is 2.65. The average molecular weight is 232 g/mol. The first kappa shape index (κ1) is 12.8. The standard InChI is InChI=1S/C12H24S2/c1-3-6-11(2)7-4-5-8-12-9-10-13-14-12/h11-12H,3-10H2,1-2H3/t11?,12-/m1/s1. The van der Waals surface area contributed by atoms with Gasteiger partial charge in [-0.05, 0) is 18.8 Å². The number of unbranched alkanes of at least 4 members (excludes halogenated alkanes) is 1. The van der Waals surface area contributed by atoms with Gasteiger partial charge in [0, 0.05) is 11.0 Å². The summed E-state index contributed by atoms with van der Waals surface area (Å²) in [6, 6.07) is 0. The van der Waals surface area contributed by atoms with E-state index in [9.17, 15) is 0 Å². The molecule has 0 bridgehead atoms. The Kier molecular flexibility index (Phi) is 7.23. The van der Waals surface area contributed by atoms with Gasteiger partial charge in [0.1, 0.15) is 0 Å². The Labute approximate surface area is 97.4 Å². The molecule has 0 aromatic rings. The van der Waals surface area contributed by atoms with Gasteiger partial charge in [0.05, 0.1) is 0 Å². The summed E-state index contributed by atoms with van der Waals surface area (Å²) in [5.74, 6) is 2.35.